The molecule has 0 saturated heterocycles. The van der Waals surface area contributed by atoms with Crippen LogP contribution in [0.5, 0.6) is 0 Å². The van der Waals surface area contributed by atoms with Gasteiger partial charge in [-0.05, 0) is 18.1 Å². The molecule has 0 spiro atoms. The van der Waals surface area contributed by atoms with Gasteiger partial charge in [0.15, 0.2) is 0 Å². The van der Waals surface area contributed by atoms with Crippen LogP contribution >= 0.6 is 0 Å². The number of rotatable bonds is 4. The van der Waals surface area contributed by atoms with Crippen molar-refractivity contribution in [2.45, 2.75) is 19.9 Å². The molecule has 0 unspecified atom stereocenters. The molecule has 17 heavy (non-hydrogen) atoms. The summed E-state index contributed by atoms with van der Waals surface area (Å²) in [6.45, 7) is 3.53. The minimum Gasteiger partial charge on any atom is -0.480 e. The number of carboxylic acid groups (broad SMARTS) is 1. The normalized spacial score (nSPS) is 12.2. The van der Waals surface area contributed by atoms with E-state index in [9.17, 15) is 9.59 Å². The zero-order valence-electron chi connectivity index (χ0n) is 10.1. The number of carbonyl (C=O) groups is 2. The van der Waals surface area contributed by atoms with Gasteiger partial charge in [0.1, 0.15) is 11.7 Å². The molecule has 1 aromatic heterocycles. The van der Waals surface area contributed by atoms with Crippen LogP contribution in [0.1, 0.15) is 24.3 Å². The number of aromatic nitrogens is 1. The van der Waals surface area contributed by atoms with Gasteiger partial charge < -0.3 is 10.0 Å². The standard InChI is InChI=1S/C12H16N2O3/c1-8(2)10(12(16)17)14(3)11(15)9-6-4-5-7-13-9/h4-8,10H,1-3H3,(H,16,17)/t10-/m0/s1. The SMILES string of the molecule is CC(C)[C@@H](C(=O)O)N(C)C(=O)c1ccccn1. The second-order valence-corrected chi connectivity index (χ2v) is 4.16. The third-order valence-electron chi connectivity index (χ3n) is 2.51. The lowest BCUT2D eigenvalue weighted by molar-refractivity contribution is -0.143. The molecule has 5 nitrogen and oxygen atoms in total. The maximum atomic E-state index is 12.0. The molecule has 1 rings (SSSR count). The monoisotopic (exact) mass is 236 g/mol. The number of pyridine rings is 1. The zero-order chi connectivity index (χ0) is 13.0. The molecule has 1 amide bonds. The predicted molar refractivity (Wildman–Crippen MR) is 62.6 cm³/mol. The van der Waals surface area contributed by atoms with Crippen LogP contribution in [0, 0.1) is 5.92 Å². The number of hydrogen-bond acceptors (Lipinski definition) is 3. The minimum absolute atomic E-state index is 0.162. The van der Waals surface area contributed by atoms with Gasteiger partial charge in [-0.25, -0.2) is 4.79 Å². The lowest BCUT2D eigenvalue weighted by Gasteiger charge is -2.27. The maximum absolute atomic E-state index is 12.0. The third kappa shape index (κ3) is 3.03. The highest BCUT2D eigenvalue weighted by Crippen LogP contribution is 2.12. The summed E-state index contributed by atoms with van der Waals surface area (Å²) in [4.78, 5) is 28.2. The average Bonchev–Trinajstić information content (AvgIpc) is 2.28. The Hall–Kier alpha value is -1.91. The summed E-state index contributed by atoms with van der Waals surface area (Å²) in [6, 6.07) is 4.12. The first-order valence-corrected chi connectivity index (χ1v) is 5.36. The molecule has 0 aliphatic carbocycles. The molecule has 0 aliphatic rings. The largest absolute Gasteiger partial charge is 0.480 e. The number of carboxylic acids is 1. The topological polar surface area (TPSA) is 70.5 Å². The number of nitrogens with zero attached hydrogens (tertiary/aromatic N) is 2. The molecular formula is C12H16N2O3. The minimum atomic E-state index is -1.01. The highest BCUT2D eigenvalue weighted by atomic mass is 16.4. The Morgan fingerprint density at radius 2 is 2.00 bits per heavy atom. The van der Waals surface area contributed by atoms with Gasteiger partial charge >= 0.3 is 5.97 Å². The molecule has 0 aromatic carbocycles. The van der Waals surface area contributed by atoms with E-state index in [1.54, 1.807) is 32.0 Å². The molecular weight excluding hydrogens is 220 g/mol. The quantitative estimate of drug-likeness (QED) is 0.854. The van der Waals surface area contributed by atoms with Crippen molar-refractivity contribution in [3.8, 4) is 0 Å². The van der Waals surface area contributed by atoms with Gasteiger partial charge in [0.05, 0.1) is 0 Å². The van der Waals surface area contributed by atoms with Gasteiger partial charge in [0.25, 0.3) is 5.91 Å². The Kier molecular flexibility index (Phi) is 4.20. The fourth-order valence-electron chi connectivity index (χ4n) is 1.69. The summed E-state index contributed by atoms with van der Waals surface area (Å²) in [7, 11) is 1.48. The van der Waals surface area contributed by atoms with E-state index in [2.05, 4.69) is 4.98 Å². The molecule has 0 aliphatic heterocycles. The fraction of sp³-hybridized carbons (Fsp3) is 0.417. The Morgan fingerprint density at radius 3 is 2.41 bits per heavy atom. The first-order chi connectivity index (χ1) is 7.95. The van der Waals surface area contributed by atoms with Crippen LogP contribution in [-0.4, -0.2) is 40.0 Å². The average molecular weight is 236 g/mol. The molecule has 1 N–H and O–H groups in total. The Bertz CT molecular complexity index is 403. The molecule has 1 heterocycles. The van der Waals surface area contributed by atoms with Gasteiger partial charge in [-0.3, -0.25) is 9.78 Å². The number of aliphatic carboxylic acids is 1. The number of amides is 1. The number of hydrogen-bond donors (Lipinski definition) is 1. The van der Waals surface area contributed by atoms with Gasteiger partial charge in [0, 0.05) is 13.2 Å². The first-order valence-electron chi connectivity index (χ1n) is 5.36. The van der Waals surface area contributed by atoms with Crippen molar-refractivity contribution in [3.63, 3.8) is 0 Å². The Labute approximate surface area is 100 Å². The Morgan fingerprint density at radius 1 is 1.35 bits per heavy atom. The first kappa shape index (κ1) is 13.2. The zero-order valence-corrected chi connectivity index (χ0v) is 10.1. The van der Waals surface area contributed by atoms with Crippen LogP contribution in [-0.2, 0) is 4.79 Å². The van der Waals surface area contributed by atoms with E-state index >= 15 is 0 Å². The van der Waals surface area contributed by atoms with Crippen molar-refractivity contribution in [3.05, 3.63) is 30.1 Å². The third-order valence-corrected chi connectivity index (χ3v) is 2.51. The summed E-state index contributed by atoms with van der Waals surface area (Å²) in [5.74, 6) is -1.55. The van der Waals surface area contributed by atoms with E-state index in [4.69, 9.17) is 5.11 Å². The number of likely N-dealkylation sites (N-methyl/N-ethyl adjacent to an activating group) is 1. The molecule has 92 valence electrons. The van der Waals surface area contributed by atoms with Crippen LogP contribution in [0.2, 0.25) is 0 Å². The Balaban J connectivity index is 2.92. The molecule has 1 aromatic rings. The van der Waals surface area contributed by atoms with Crippen molar-refractivity contribution in [1.29, 1.82) is 0 Å². The van der Waals surface area contributed by atoms with Crippen LogP contribution < -0.4 is 0 Å². The summed E-state index contributed by atoms with van der Waals surface area (Å²) >= 11 is 0. The summed E-state index contributed by atoms with van der Waals surface area (Å²) in [5.41, 5.74) is 0.252. The van der Waals surface area contributed by atoms with Gasteiger partial charge in [-0.2, -0.15) is 0 Å². The number of carbonyl (C=O) groups excluding carboxylic acids is 1. The predicted octanol–water partition coefficient (Wildman–Crippen LogP) is 1.26. The van der Waals surface area contributed by atoms with E-state index in [1.165, 1.54) is 18.1 Å². The van der Waals surface area contributed by atoms with Crippen LogP contribution in [0.15, 0.2) is 24.4 Å². The summed E-state index contributed by atoms with van der Waals surface area (Å²) < 4.78 is 0. The summed E-state index contributed by atoms with van der Waals surface area (Å²) in [5, 5.41) is 9.10. The molecule has 0 bridgehead atoms. The molecule has 0 saturated carbocycles. The van der Waals surface area contributed by atoms with Crippen molar-refractivity contribution in [2.75, 3.05) is 7.05 Å². The lowest BCUT2D eigenvalue weighted by Crippen LogP contribution is -2.45. The highest BCUT2D eigenvalue weighted by molar-refractivity contribution is 5.94. The smallest absolute Gasteiger partial charge is 0.326 e. The second kappa shape index (κ2) is 5.43. The van der Waals surface area contributed by atoms with E-state index in [-0.39, 0.29) is 17.5 Å². The van der Waals surface area contributed by atoms with Gasteiger partial charge in [-0.1, -0.05) is 19.9 Å². The lowest BCUT2D eigenvalue weighted by atomic mass is 10.0. The fourth-order valence-corrected chi connectivity index (χ4v) is 1.69. The molecule has 0 fully saturated rings. The summed E-state index contributed by atoms with van der Waals surface area (Å²) in [6.07, 6.45) is 1.51. The van der Waals surface area contributed by atoms with Gasteiger partial charge in [0.2, 0.25) is 0 Å². The van der Waals surface area contributed by atoms with Crippen LogP contribution in [0.3, 0.4) is 0 Å². The molecule has 5 heteroatoms. The van der Waals surface area contributed by atoms with Gasteiger partial charge in [-0.15, -0.1) is 0 Å². The highest BCUT2D eigenvalue weighted by Gasteiger charge is 2.30. The van der Waals surface area contributed by atoms with Crippen molar-refractivity contribution < 1.29 is 14.7 Å². The second-order valence-electron chi connectivity index (χ2n) is 4.16. The van der Waals surface area contributed by atoms with Crippen molar-refractivity contribution in [2.24, 2.45) is 5.92 Å². The molecule has 0 radical (unpaired) electrons. The van der Waals surface area contributed by atoms with Crippen molar-refractivity contribution >= 4 is 11.9 Å². The van der Waals surface area contributed by atoms with E-state index in [0.717, 1.165) is 0 Å². The van der Waals surface area contributed by atoms with E-state index in [0.29, 0.717) is 0 Å². The van der Waals surface area contributed by atoms with Crippen LogP contribution in [0.4, 0.5) is 0 Å². The van der Waals surface area contributed by atoms with E-state index in [1.807, 2.05) is 0 Å². The van der Waals surface area contributed by atoms with Crippen molar-refractivity contribution in [1.82, 2.24) is 9.88 Å². The van der Waals surface area contributed by atoms with E-state index < -0.39 is 12.0 Å². The molecule has 1 atom stereocenters. The maximum Gasteiger partial charge on any atom is 0.326 e. The van der Waals surface area contributed by atoms with Crippen LogP contribution in [0.25, 0.3) is 0 Å².